The van der Waals surface area contributed by atoms with Crippen LogP contribution in [0, 0.1) is 6.92 Å². The van der Waals surface area contributed by atoms with E-state index in [4.69, 9.17) is 0 Å². The van der Waals surface area contributed by atoms with Gasteiger partial charge in [0.25, 0.3) is 5.91 Å². The predicted octanol–water partition coefficient (Wildman–Crippen LogP) is 4.46. The highest BCUT2D eigenvalue weighted by Crippen LogP contribution is 2.16. The summed E-state index contributed by atoms with van der Waals surface area (Å²) in [5, 5.41) is 5.78. The minimum Gasteiger partial charge on any atom is -0.350 e. The van der Waals surface area contributed by atoms with E-state index < -0.39 is 0 Å². The molecule has 142 valence electrons. The Morgan fingerprint density at radius 1 is 0.821 bits per heavy atom. The lowest BCUT2D eigenvalue weighted by Crippen LogP contribution is -2.41. The minimum atomic E-state index is -0.246. The summed E-state index contributed by atoms with van der Waals surface area (Å²) in [7, 11) is 0. The Hall–Kier alpha value is -3.60. The molecule has 0 atom stereocenters. The second kappa shape index (κ2) is 9.37. The number of amides is 3. The van der Waals surface area contributed by atoms with Gasteiger partial charge < -0.3 is 10.6 Å². The molecule has 0 saturated heterocycles. The van der Waals surface area contributed by atoms with Crippen molar-refractivity contribution in [2.75, 3.05) is 23.3 Å². The Morgan fingerprint density at radius 2 is 1.43 bits per heavy atom. The monoisotopic (exact) mass is 373 g/mol. The molecule has 0 fully saturated rings. The van der Waals surface area contributed by atoms with Crippen LogP contribution in [0.4, 0.5) is 16.2 Å². The van der Waals surface area contributed by atoms with Crippen LogP contribution in [0.25, 0.3) is 0 Å². The van der Waals surface area contributed by atoms with Crippen LogP contribution in [0.3, 0.4) is 0 Å². The van der Waals surface area contributed by atoms with Crippen LogP contribution in [-0.2, 0) is 0 Å². The van der Waals surface area contributed by atoms with Gasteiger partial charge in [0.1, 0.15) is 0 Å². The first-order valence-corrected chi connectivity index (χ1v) is 9.17. The summed E-state index contributed by atoms with van der Waals surface area (Å²) in [6, 6.07) is 25.8. The highest BCUT2D eigenvalue weighted by Gasteiger charge is 2.16. The summed E-state index contributed by atoms with van der Waals surface area (Å²) in [6.07, 6.45) is 0. The number of benzene rings is 3. The maximum atomic E-state index is 12.8. The number of para-hydroxylation sites is 1. The van der Waals surface area contributed by atoms with Gasteiger partial charge in [-0.15, -0.1) is 0 Å². The smallest absolute Gasteiger partial charge is 0.326 e. The molecule has 5 heteroatoms. The maximum Gasteiger partial charge on any atom is 0.326 e. The summed E-state index contributed by atoms with van der Waals surface area (Å²) in [6.45, 7) is 2.68. The molecule has 28 heavy (non-hydrogen) atoms. The zero-order chi connectivity index (χ0) is 19.8. The number of nitrogens with one attached hydrogen (secondary N) is 2. The molecule has 5 nitrogen and oxygen atoms in total. The van der Waals surface area contributed by atoms with Crippen LogP contribution >= 0.6 is 0 Å². The van der Waals surface area contributed by atoms with Crippen LogP contribution in [0.5, 0.6) is 0 Å². The highest BCUT2D eigenvalue weighted by molar-refractivity contribution is 6.02. The van der Waals surface area contributed by atoms with Crippen molar-refractivity contribution in [1.82, 2.24) is 5.32 Å². The van der Waals surface area contributed by atoms with E-state index in [-0.39, 0.29) is 11.9 Å². The molecule has 3 aromatic rings. The van der Waals surface area contributed by atoms with Gasteiger partial charge in [-0.2, -0.15) is 0 Å². The van der Waals surface area contributed by atoms with Gasteiger partial charge >= 0.3 is 6.03 Å². The first-order valence-electron chi connectivity index (χ1n) is 9.17. The summed E-state index contributed by atoms with van der Waals surface area (Å²) < 4.78 is 0. The second-order valence-corrected chi connectivity index (χ2v) is 6.41. The van der Waals surface area contributed by atoms with Gasteiger partial charge in [-0.1, -0.05) is 54.1 Å². The van der Waals surface area contributed by atoms with Crippen LogP contribution in [-0.4, -0.2) is 25.0 Å². The number of nitrogens with zero attached hydrogens (tertiary/aromatic N) is 1. The molecule has 0 saturated carbocycles. The van der Waals surface area contributed by atoms with Crippen molar-refractivity contribution in [1.29, 1.82) is 0 Å². The number of hydrogen-bond donors (Lipinski definition) is 2. The second-order valence-electron chi connectivity index (χ2n) is 6.41. The maximum absolute atomic E-state index is 12.8. The first kappa shape index (κ1) is 19.2. The SMILES string of the molecule is Cc1ccc(NC(=O)N(CCNC(=O)c2ccccc2)c2ccccc2)cc1. The number of carbonyl (C=O) groups is 2. The van der Waals surface area contributed by atoms with Crippen LogP contribution in [0.15, 0.2) is 84.9 Å². The third-order valence-electron chi connectivity index (χ3n) is 4.27. The van der Waals surface area contributed by atoms with E-state index in [1.807, 2.05) is 79.7 Å². The molecule has 0 unspecified atom stereocenters. The molecule has 3 aromatic carbocycles. The average molecular weight is 373 g/mol. The van der Waals surface area contributed by atoms with Gasteiger partial charge in [0, 0.05) is 30.0 Å². The number of carbonyl (C=O) groups excluding carboxylic acids is 2. The molecule has 0 aliphatic rings. The fourth-order valence-electron chi connectivity index (χ4n) is 2.76. The van der Waals surface area contributed by atoms with Gasteiger partial charge in [-0.25, -0.2) is 4.79 Å². The Balaban J connectivity index is 1.66. The van der Waals surface area contributed by atoms with E-state index >= 15 is 0 Å². The Labute approximate surface area is 165 Å². The Bertz CT molecular complexity index is 910. The van der Waals surface area contributed by atoms with E-state index in [0.717, 1.165) is 16.9 Å². The molecule has 0 heterocycles. The largest absolute Gasteiger partial charge is 0.350 e. The number of rotatable bonds is 6. The number of urea groups is 1. The van der Waals surface area contributed by atoms with Crippen molar-refractivity contribution in [2.45, 2.75) is 6.92 Å². The van der Waals surface area contributed by atoms with E-state index in [0.29, 0.717) is 18.7 Å². The molecule has 0 spiro atoms. The van der Waals surface area contributed by atoms with E-state index in [2.05, 4.69) is 10.6 Å². The topological polar surface area (TPSA) is 61.4 Å². The van der Waals surface area contributed by atoms with E-state index in [1.54, 1.807) is 17.0 Å². The zero-order valence-corrected chi connectivity index (χ0v) is 15.8. The van der Waals surface area contributed by atoms with E-state index in [9.17, 15) is 9.59 Å². The lowest BCUT2D eigenvalue weighted by atomic mass is 10.2. The highest BCUT2D eigenvalue weighted by atomic mass is 16.2. The quantitative estimate of drug-likeness (QED) is 0.670. The van der Waals surface area contributed by atoms with Gasteiger partial charge in [0.2, 0.25) is 0 Å². The number of anilines is 2. The minimum absolute atomic E-state index is 0.160. The van der Waals surface area contributed by atoms with Crippen LogP contribution in [0.1, 0.15) is 15.9 Å². The number of aryl methyl sites for hydroxylation is 1. The third kappa shape index (κ3) is 5.20. The van der Waals surface area contributed by atoms with Crippen LogP contribution < -0.4 is 15.5 Å². The Morgan fingerprint density at radius 3 is 2.07 bits per heavy atom. The standard InChI is InChI=1S/C23H23N3O2/c1-18-12-14-20(15-13-18)25-23(28)26(21-10-6-3-7-11-21)17-16-24-22(27)19-8-4-2-5-9-19/h2-15H,16-17H2,1H3,(H,24,27)(H,25,28). The summed E-state index contributed by atoms with van der Waals surface area (Å²) in [5.74, 6) is -0.160. The normalized spacial score (nSPS) is 10.2. The molecular formula is C23H23N3O2. The summed E-state index contributed by atoms with van der Waals surface area (Å²) in [5.41, 5.74) is 3.21. The fraction of sp³-hybridized carbons (Fsp3) is 0.130. The summed E-state index contributed by atoms with van der Waals surface area (Å²) in [4.78, 5) is 26.7. The predicted molar refractivity (Wildman–Crippen MR) is 113 cm³/mol. The lowest BCUT2D eigenvalue weighted by Gasteiger charge is -2.23. The van der Waals surface area contributed by atoms with E-state index in [1.165, 1.54) is 0 Å². The van der Waals surface area contributed by atoms with Crippen molar-refractivity contribution in [3.63, 3.8) is 0 Å². The molecule has 0 radical (unpaired) electrons. The number of hydrogen-bond acceptors (Lipinski definition) is 2. The molecule has 3 rings (SSSR count). The Kier molecular flexibility index (Phi) is 6.41. The molecule has 3 amide bonds. The third-order valence-corrected chi connectivity index (χ3v) is 4.27. The van der Waals surface area contributed by atoms with Gasteiger partial charge in [-0.3, -0.25) is 9.69 Å². The van der Waals surface area contributed by atoms with Crippen LogP contribution in [0.2, 0.25) is 0 Å². The lowest BCUT2D eigenvalue weighted by molar-refractivity contribution is 0.0954. The van der Waals surface area contributed by atoms with Crippen molar-refractivity contribution in [3.8, 4) is 0 Å². The first-order chi connectivity index (χ1) is 13.6. The molecular weight excluding hydrogens is 350 g/mol. The zero-order valence-electron chi connectivity index (χ0n) is 15.8. The summed E-state index contributed by atoms with van der Waals surface area (Å²) >= 11 is 0. The van der Waals surface area contributed by atoms with Crippen molar-refractivity contribution in [3.05, 3.63) is 96.1 Å². The van der Waals surface area contributed by atoms with Gasteiger partial charge in [0.05, 0.1) is 0 Å². The molecule has 0 aromatic heterocycles. The molecule has 0 aliphatic heterocycles. The van der Waals surface area contributed by atoms with Crippen molar-refractivity contribution < 1.29 is 9.59 Å². The van der Waals surface area contributed by atoms with Crippen molar-refractivity contribution in [2.24, 2.45) is 0 Å². The van der Waals surface area contributed by atoms with Gasteiger partial charge in [-0.05, 0) is 43.3 Å². The van der Waals surface area contributed by atoms with Crippen molar-refractivity contribution >= 4 is 23.3 Å². The molecule has 2 N–H and O–H groups in total. The molecule has 0 bridgehead atoms. The van der Waals surface area contributed by atoms with Gasteiger partial charge in [0.15, 0.2) is 0 Å². The fourth-order valence-corrected chi connectivity index (χ4v) is 2.76. The average Bonchev–Trinajstić information content (AvgIpc) is 2.74. The molecule has 0 aliphatic carbocycles.